The number of rotatable bonds is 2. The summed E-state index contributed by atoms with van der Waals surface area (Å²) in [6.45, 7) is -0.920. The van der Waals surface area contributed by atoms with Gasteiger partial charge in [-0.3, -0.25) is 0 Å². The maximum absolute atomic E-state index is 11.9. The molecule has 0 spiro atoms. The number of ether oxygens (including phenoxy) is 1. The molecule has 0 bridgehead atoms. The van der Waals surface area contributed by atoms with Gasteiger partial charge in [-0.1, -0.05) is 0 Å². The molecule has 2 nitrogen and oxygen atoms in total. The molecule has 0 aliphatic carbocycles. The predicted octanol–water partition coefficient (Wildman–Crippen LogP) is 3.08. The number of halogens is 2. The summed E-state index contributed by atoms with van der Waals surface area (Å²) in [5.41, 5.74) is 1.72. The normalized spacial score (nSPS) is 11.1. The van der Waals surface area contributed by atoms with Crippen molar-refractivity contribution in [1.82, 2.24) is 4.98 Å². The Morgan fingerprint density at radius 2 is 2.14 bits per heavy atom. The second kappa shape index (κ2) is 3.29. The van der Waals surface area contributed by atoms with Gasteiger partial charge in [-0.25, -0.2) is 0 Å². The molecule has 0 amide bonds. The lowest BCUT2D eigenvalue weighted by atomic mass is 10.1. The monoisotopic (exact) mass is 197 g/mol. The van der Waals surface area contributed by atoms with Crippen molar-refractivity contribution >= 4 is 10.9 Å². The number of H-pyrrole nitrogens is 1. The number of hydrogen-bond acceptors (Lipinski definition) is 1. The van der Waals surface area contributed by atoms with Gasteiger partial charge >= 0.3 is 6.61 Å². The predicted molar refractivity (Wildman–Crippen MR) is 49.7 cm³/mol. The molecule has 1 aromatic heterocycles. The molecule has 0 fully saturated rings. The Labute approximate surface area is 79.5 Å². The van der Waals surface area contributed by atoms with Gasteiger partial charge in [0.25, 0.3) is 0 Å². The summed E-state index contributed by atoms with van der Waals surface area (Å²) in [5.74, 6) is 0.187. The van der Waals surface area contributed by atoms with Gasteiger partial charge in [0.1, 0.15) is 5.75 Å². The molecule has 1 N–H and O–H groups in total. The number of aryl methyl sites for hydroxylation is 1. The zero-order valence-corrected chi connectivity index (χ0v) is 7.55. The summed E-state index contributed by atoms with van der Waals surface area (Å²) in [5, 5.41) is 1.02. The third kappa shape index (κ3) is 1.55. The molecule has 0 aliphatic heterocycles. The summed E-state index contributed by atoms with van der Waals surface area (Å²) in [6.07, 6.45) is 1.77. The average Bonchev–Trinajstić information content (AvgIpc) is 2.50. The highest BCUT2D eigenvalue weighted by molar-refractivity contribution is 5.84. The molecule has 0 saturated carbocycles. The van der Waals surface area contributed by atoms with Crippen molar-refractivity contribution in [3.63, 3.8) is 0 Å². The Kier molecular flexibility index (Phi) is 2.11. The van der Waals surface area contributed by atoms with Crippen LogP contribution < -0.4 is 4.74 Å². The van der Waals surface area contributed by atoms with E-state index in [1.807, 2.05) is 13.0 Å². The second-order valence-electron chi connectivity index (χ2n) is 3.06. The lowest BCUT2D eigenvalue weighted by molar-refractivity contribution is -0.0497. The van der Waals surface area contributed by atoms with Crippen LogP contribution in [0, 0.1) is 6.92 Å². The fourth-order valence-electron chi connectivity index (χ4n) is 1.49. The highest BCUT2D eigenvalue weighted by Crippen LogP contribution is 2.24. The van der Waals surface area contributed by atoms with E-state index in [2.05, 4.69) is 9.72 Å². The fourth-order valence-corrected chi connectivity index (χ4v) is 1.49. The van der Waals surface area contributed by atoms with Crippen LogP contribution in [0.3, 0.4) is 0 Å². The second-order valence-corrected chi connectivity index (χ2v) is 3.06. The standard InChI is InChI=1S/C10H9F2NO/c1-6-4-7(14-10(11)12)5-9-8(6)2-3-13-9/h2-5,10,13H,1H3. The van der Waals surface area contributed by atoms with E-state index in [4.69, 9.17) is 0 Å². The molecular formula is C10H9F2NO. The van der Waals surface area contributed by atoms with Gasteiger partial charge in [-0.15, -0.1) is 0 Å². The Hall–Kier alpha value is -1.58. The van der Waals surface area contributed by atoms with Gasteiger partial charge in [0.15, 0.2) is 0 Å². The van der Waals surface area contributed by atoms with Crippen molar-refractivity contribution in [2.24, 2.45) is 0 Å². The molecule has 0 aliphatic rings. The number of benzene rings is 1. The molecule has 74 valence electrons. The number of fused-ring (bicyclic) bond motifs is 1. The molecular weight excluding hydrogens is 188 g/mol. The Bertz CT molecular complexity index is 450. The lowest BCUT2D eigenvalue weighted by Gasteiger charge is -2.05. The molecule has 0 saturated heterocycles. The minimum Gasteiger partial charge on any atom is -0.435 e. The van der Waals surface area contributed by atoms with E-state index in [0.717, 1.165) is 16.5 Å². The summed E-state index contributed by atoms with van der Waals surface area (Å²) < 4.78 is 28.2. The van der Waals surface area contributed by atoms with Crippen LogP contribution >= 0.6 is 0 Å². The summed E-state index contributed by atoms with van der Waals surface area (Å²) in [4.78, 5) is 2.95. The molecule has 4 heteroatoms. The largest absolute Gasteiger partial charge is 0.435 e. The smallest absolute Gasteiger partial charge is 0.387 e. The Morgan fingerprint density at radius 1 is 1.36 bits per heavy atom. The highest BCUT2D eigenvalue weighted by atomic mass is 19.3. The number of nitrogens with one attached hydrogen (secondary N) is 1. The van der Waals surface area contributed by atoms with E-state index in [1.165, 1.54) is 0 Å². The van der Waals surface area contributed by atoms with E-state index in [-0.39, 0.29) is 5.75 Å². The van der Waals surface area contributed by atoms with Crippen LogP contribution in [-0.4, -0.2) is 11.6 Å². The van der Waals surface area contributed by atoms with Crippen LogP contribution in [0.25, 0.3) is 10.9 Å². The maximum atomic E-state index is 11.9. The molecule has 1 heterocycles. The van der Waals surface area contributed by atoms with E-state index < -0.39 is 6.61 Å². The maximum Gasteiger partial charge on any atom is 0.387 e. The average molecular weight is 197 g/mol. The quantitative estimate of drug-likeness (QED) is 0.786. The lowest BCUT2D eigenvalue weighted by Crippen LogP contribution is -2.01. The summed E-state index contributed by atoms with van der Waals surface area (Å²) in [6, 6.07) is 5.06. The number of alkyl halides is 2. The summed E-state index contributed by atoms with van der Waals surface area (Å²) >= 11 is 0. The van der Waals surface area contributed by atoms with Gasteiger partial charge in [-0.05, 0) is 24.6 Å². The topological polar surface area (TPSA) is 25.0 Å². The first-order valence-corrected chi connectivity index (χ1v) is 4.19. The Balaban J connectivity index is 2.47. The van der Waals surface area contributed by atoms with Crippen LogP contribution in [0.1, 0.15) is 5.56 Å². The van der Waals surface area contributed by atoms with Crippen LogP contribution in [0.15, 0.2) is 24.4 Å². The SMILES string of the molecule is Cc1cc(OC(F)F)cc2[nH]ccc12. The molecule has 2 rings (SSSR count). The third-order valence-corrected chi connectivity index (χ3v) is 2.07. The molecule has 0 unspecified atom stereocenters. The third-order valence-electron chi connectivity index (χ3n) is 2.07. The van der Waals surface area contributed by atoms with Crippen LogP contribution in [-0.2, 0) is 0 Å². The molecule has 1 aromatic carbocycles. The van der Waals surface area contributed by atoms with Gasteiger partial charge < -0.3 is 9.72 Å². The van der Waals surface area contributed by atoms with Crippen molar-refractivity contribution in [2.75, 3.05) is 0 Å². The first kappa shape index (κ1) is 8.99. The fraction of sp³-hybridized carbons (Fsp3) is 0.200. The van der Waals surface area contributed by atoms with Crippen LogP contribution in [0.2, 0.25) is 0 Å². The minimum atomic E-state index is -2.78. The van der Waals surface area contributed by atoms with Crippen LogP contribution in [0.4, 0.5) is 8.78 Å². The van der Waals surface area contributed by atoms with Crippen molar-refractivity contribution in [1.29, 1.82) is 0 Å². The van der Waals surface area contributed by atoms with Gasteiger partial charge in [0.2, 0.25) is 0 Å². The first-order chi connectivity index (χ1) is 6.66. The van der Waals surface area contributed by atoms with E-state index >= 15 is 0 Å². The van der Waals surface area contributed by atoms with Crippen molar-refractivity contribution < 1.29 is 13.5 Å². The number of hydrogen-bond donors (Lipinski definition) is 1. The highest BCUT2D eigenvalue weighted by Gasteiger charge is 2.07. The van der Waals surface area contributed by atoms with E-state index in [0.29, 0.717) is 0 Å². The number of aromatic amines is 1. The zero-order chi connectivity index (χ0) is 10.1. The first-order valence-electron chi connectivity index (χ1n) is 4.19. The van der Waals surface area contributed by atoms with Crippen molar-refractivity contribution in [3.8, 4) is 5.75 Å². The summed E-state index contributed by atoms with van der Waals surface area (Å²) in [7, 11) is 0. The van der Waals surface area contributed by atoms with Crippen LogP contribution in [0.5, 0.6) is 5.75 Å². The van der Waals surface area contributed by atoms with Crippen molar-refractivity contribution in [2.45, 2.75) is 13.5 Å². The van der Waals surface area contributed by atoms with E-state index in [1.54, 1.807) is 18.3 Å². The molecule has 0 radical (unpaired) electrons. The van der Waals surface area contributed by atoms with E-state index in [9.17, 15) is 8.78 Å². The molecule has 14 heavy (non-hydrogen) atoms. The molecule has 2 aromatic rings. The van der Waals surface area contributed by atoms with Crippen molar-refractivity contribution in [3.05, 3.63) is 30.0 Å². The van der Waals surface area contributed by atoms with Gasteiger partial charge in [-0.2, -0.15) is 8.78 Å². The zero-order valence-electron chi connectivity index (χ0n) is 7.55. The Morgan fingerprint density at radius 3 is 2.86 bits per heavy atom. The van der Waals surface area contributed by atoms with Gasteiger partial charge in [0, 0.05) is 23.2 Å². The minimum absolute atomic E-state index is 0.187. The number of aromatic nitrogens is 1. The van der Waals surface area contributed by atoms with Gasteiger partial charge in [0.05, 0.1) is 0 Å². The molecule has 0 atom stereocenters.